The van der Waals surface area contributed by atoms with Crippen molar-refractivity contribution in [3.8, 4) is 11.5 Å². The van der Waals surface area contributed by atoms with Crippen LogP contribution in [-0.2, 0) is 14.9 Å². The molecule has 0 amide bonds. The van der Waals surface area contributed by atoms with Crippen LogP contribution in [0.1, 0.15) is 37.5 Å². The van der Waals surface area contributed by atoms with Gasteiger partial charge in [0.2, 0.25) is 5.90 Å². The smallest absolute Gasteiger partial charge is 0.363 e. The first kappa shape index (κ1) is 18.7. The highest BCUT2D eigenvalue weighted by molar-refractivity contribution is 6.13. The van der Waals surface area contributed by atoms with Gasteiger partial charge in [0.15, 0.2) is 5.70 Å². The molecule has 0 atom stereocenters. The molecule has 0 radical (unpaired) electrons. The van der Waals surface area contributed by atoms with E-state index < -0.39 is 5.97 Å². The summed E-state index contributed by atoms with van der Waals surface area (Å²) in [7, 11) is 3.16. The Bertz CT molecular complexity index is 918. The summed E-state index contributed by atoms with van der Waals surface area (Å²) < 4.78 is 15.9. The molecule has 0 aliphatic carbocycles. The molecular formula is C22H23NO4. The van der Waals surface area contributed by atoms with Crippen LogP contribution in [0.5, 0.6) is 11.5 Å². The minimum absolute atomic E-state index is 0.0562. The van der Waals surface area contributed by atoms with Crippen LogP contribution in [0.2, 0.25) is 0 Å². The molecule has 1 aliphatic heterocycles. The van der Waals surface area contributed by atoms with Crippen molar-refractivity contribution >= 4 is 17.9 Å². The van der Waals surface area contributed by atoms with Gasteiger partial charge in [0.25, 0.3) is 0 Å². The highest BCUT2D eigenvalue weighted by Gasteiger charge is 2.25. The summed E-state index contributed by atoms with van der Waals surface area (Å²) in [5.41, 5.74) is 2.93. The largest absolute Gasteiger partial charge is 0.497 e. The van der Waals surface area contributed by atoms with Crippen molar-refractivity contribution < 1.29 is 19.0 Å². The third kappa shape index (κ3) is 4.03. The summed E-state index contributed by atoms with van der Waals surface area (Å²) in [6.07, 6.45) is 1.64. The molecule has 2 aromatic carbocycles. The average Bonchev–Trinajstić information content (AvgIpc) is 3.01. The van der Waals surface area contributed by atoms with E-state index in [0.29, 0.717) is 23.0 Å². The van der Waals surface area contributed by atoms with E-state index >= 15 is 0 Å². The molecule has 0 aromatic heterocycles. The van der Waals surface area contributed by atoms with E-state index in [-0.39, 0.29) is 11.1 Å². The number of methoxy groups -OCH3 is 2. The Kier molecular flexibility index (Phi) is 5.04. The molecule has 0 saturated heterocycles. The Morgan fingerprint density at radius 1 is 1.00 bits per heavy atom. The van der Waals surface area contributed by atoms with Gasteiger partial charge in [0, 0.05) is 11.1 Å². The molecule has 140 valence electrons. The minimum atomic E-state index is -0.491. The summed E-state index contributed by atoms with van der Waals surface area (Å²) in [6, 6.07) is 13.2. The lowest BCUT2D eigenvalue weighted by Crippen LogP contribution is -2.11. The predicted molar refractivity (Wildman–Crippen MR) is 105 cm³/mol. The average molecular weight is 365 g/mol. The maximum Gasteiger partial charge on any atom is 0.363 e. The molecule has 1 heterocycles. The number of ether oxygens (including phenoxy) is 3. The van der Waals surface area contributed by atoms with E-state index in [1.54, 1.807) is 38.5 Å². The molecule has 27 heavy (non-hydrogen) atoms. The van der Waals surface area contributed by atoms with Gasteiger partial charge in [-0.05, 0) is 47.4 Å². The van der Waals surface area contributed by atoms with Crippen molar-refractivity contribution in [3.63, 3.8) is 0 Å². The van der Waals surface area contributed by atoms with Gasteiger partial charge in [-0.25, -0.2) is 9.79 Å². The number of nitrogens with zero attached hydrogens (tertiary/aromatic N) is 1. The van der Waals surface area contributed by atoms with E-state index in [0.717, 1.165) is 5.56 Å². The number of aliphatic imine (C=N–C) groups is 1. The standard InChI is InChI=1S/C22H23NO4/c1-22(2,3)16-8-6-14(7-9-16)20-23-18(21(24)27-20)13-15-12-17(25-4)10-11-19(15)26-5/h6-13H,1-5H3. The number of hydrogen-bond donors (Lipinski definition) is 0. The van der Waals surface area contributed by atoms with E-state index in [9.17, 15) is 4.79 Å². The first-order valence-electron chi connectivity index (χ1n) is 8.67. The van der Waals surface area contributed by atoms with Crippen LogP contribution in [0.15, 0.2) is 53.2 Å². The predicted octanol–water partition coefficient (Wildman–Crippen LogP) is 4.35. The highest BCUT2D eigenvalue weighted by atomic mass is 16.6. The summed E-state index contributed by atoms with van der Waals surface area (Å²) in [4.78, 5) is 16.6. The second-order valence-electron chi connectivity index (χ2n) is 7.27. The fourth-order valence-corrected chi connectivity index (χ4v) is 2.74. The second kappa shape index (κ2) is 7.27. The molecule has 5 heteroatoms. The van der Waals surface area contributed by atoms with Crippen molar-refractivity contribution in [3.05, 3.63) is 64.9 Å². The number of esters is 1. The van der Waals surface area contributed by atoms with Crippen molar-refractivity contribution in [1.29, 1.82) is 0 Å². The maximum absolute atomic E-state index is 12.3. The highest BCUT2D eigenvalue weighted by Crippen LogP contribution is 2.29. The van der Waals surface area contributed by atoms with Crippen LogP contribution in [0, 0.1) is 0 Å². The van der Waals surface area contributed by atoms with Crippen LogP contribution < -0.4 is 9.47 Å². The zero-order chi connectivity index (χ0) is 19.6. The molecule has 0 N–H and O–H groups in total. The van der Waals surface area contributed by atoms with E-state index in [4.69, 9.17) is 14.2 Å². The zero-order valence-corrected chi connectivity index (χ0v) is 16.2. The quantitative estimate of drug-likeness (QED) is 0.597. The van der Waals surface area contributed by atoms with Gasteiger partial charge in [0.05, 0.1) is 14.2 Å². The number of benzene rings is 2. The molecule has 0 spiro atoms. The molecule has 0 saturated carbocycles. The maximum atomic E-state index is 12.3. The number of carbonyl (C=O) groups is 1. The molecular weight excluding hydrogens is 342 g/mol. The molecule has 5 nitrogen and oxygen atoms in total. The molecule has 1 aliphatic rings. The van der Waals surface area contributed by atoms with Gasteiger partial charge in [-0.1, -0.05) is 32.9 Å². The lowest BCUT2D eigenvalue weighted by molar-refractivity contribution is -0.129. The van der Waals surface area contributed by atoms with Crippen molar-refractivity contribution in [2.75, 3.05) is 14.2 Å². The van der Waals surface area contributed by atoms with Crippen LogP contribution in [0.25, 0.3) is 6.08 Å². The fourth-order valence-electron chi connectivity index (χ4n) is 2.74. The van der Waals surface area contributed by atoms with E-state index in [1.165, 1.54) is 5.56 Å². The normalized spacial score (nSPS) is 15.5. The topological polar surface area (TPSA) is 57.1 Å². The molecule has 0 bridgehead atoms. The van der Waals surface area contributed by atoms with Gasteiger partial charge < -0.3 is 14.2 Å². The van der Waals surface area contributed by atoms with Crippen LogP contribution in [0.4, 0.5) is 0 Å². The first-order valence-corrected chi connectivity index (χ1v) is 8.67. The van der Waals surface area contributed by atoms with Gasteiger partial charge >= 0.3 is 5.97 Å². The summed E-state index contributed by atoms with van der Waals surface area (Å²) in [5.74, 6) is 1.09. The third-order valence-corrected chi connectivity index (χ3v) is 4.35. The Morgan fingerprint density at radius 3 is 2.30 bits per heavy atom. The minimum Gasteiger partial charge on any atom is -0.497 e. The summed E-state index contributed by atoms with van der Waals surface area (Å²) >= 11 is 0. The Balaban J connectivity index is 1.94. The monoisotopic (exact) mass is 365 g/mol. The number of hydrogen-bond acceptors (Lipinski definition) is 5. The van der Waals surface area contributed by atoms with Crippen LogP contribution in [-0.4, -0.2) is 26.1 Å². The number of carbonyl (C=O) groups excluding carboxylic acids is 1. The van der Waals surface area contributed by atoms with Gasteiger partial charge in [-0.2, -0.15) is 0 Å². The van der Waals surface area contributed by atoms with Crippen LogP contribution >= 0.6 is 0 Å². The lowest BCUT2D eigenvalue weighted by atomic mass is 9.87. The Labute approximate surface area is 159 Å². The SMILES string of the molecule is COc1ccc(OC)c(C=C2N=C(c3ccc(C(C)(C)C)cc3)OC2=O)c1. The van der Waals surface area contributed by atoms with Gasteiger partial charge in [-0.3, -0.25) is 0 Å². The van der Waals surface area contributed by atoms with E-state index in [2.05, 4.69) is 25.8 Å². The van der Waals surface area contributed by atoms with Crippen molar-refractivity contribution in [2.45, 2.75) is 26.2 Å². The lowest BCUT2D eigenvalue weighted by Gasteiger charge is -2.18. The summed E-state index contributed by atoms with van der Waals surface area (Å²) in [6.45, 7) is 6.45. The summed E-state index contributed by atoms with van der Waals surface area (Å²) in [5, 5.41) is 0. The molecule has 3 rings (SSSR count). The zero-order valence-electron chi connectivity index (χ0n) is 16.2. The Hall–Kier alpha value is -3.08. The molecule has 0 unspecified atom stereocenters. The second-order valence-corrected chi connectivity index (χ2v) is 7.27. The van der Waals surface area contributed by atoms with Crippen molar-refractivity contribution in [1.82, 2.24) is 0 Å². The number of cyclic esters (lactones) is 1. The van der Waals surface area contributed by atoms with Crippen molar-refractivity contribution in [2.24, 2.45) is 4.99 Å². The third-order valence-electron chi connectivity index (χ3n) is 4.35. The van der Waals surface area contributed by atoms with Crippen LogP contribution in [0.3, 0.4) is 0 Å². The van der Waals surface area contributed by atoms with E-state index in [1.807, 2.05) is 24.3 Å². The van der Waals surface area contributed by atoms with Gasteiger partial charge in [-0.15, -0.1) is 0 Å². The van der Waals surface area contributed by atoms with Gasteiger partial charge in [0.1, 0.15) is 11.5 Å². The fraction of sp³-hybridized carbons (Fsp3) is 0.273. The first-order chi connectivity index (χ1) is 12.8. The number of rotatable bonds is 4. The Morgan fingerprint density at radius 2 is 1.70 bits per heavy atom. The molecule has 2 aromatic rings. The molecule has 0 fully saturated rings.